The predicted molar refractivity (Wildman–Crippen MR) is 66.2 cm³/mol. The average molecular weight is 248 g/mol. The first-order valence-electron chi connectivity index (χ1n) is 5.86. The molecule has 5 heteroatoms. The molecule has 0 unspecified atom stereocenters. The molecule has 0 spiro atoms. The number of aryl methyl sites for hydroxylation is 1. The molecule has 0 aromatic carbocycles. The maximum atomic E-state index is 11.3. The Morgan fingerprint density at radius 1 is 1.61 bits per heavy atom. The van der Waals surface area contributed by atoms with Crippen molar-refractivity contribution in [1.29, 1.82) is 0 Å². The number of hydrogen-bond donors (Lipinski definition) is 2. The summed E-state index contributed by atoms with van der Waals surface area (Å²) in [6.07, 6.45) is 3.18. The quantitative estimate of drug-likeness (QED) is 0.831. The van der Waals surface area contributed by atoms with Crippen LogP contribution in [0.4, 0.5) is 0 Å². The molecule has 96 valence electrons. The fourth-order valence-corrected chi connectivity index (χ4v) is 2.00. The minimum Gasteiger partial charge on any atom is -0.488 e. The van der Waals surface area contributed by atoms with E-state index in [1.165, 1.54) is 0 Å². The summed E-state index contributed by atoms with van der Waals surface area (Å²) in [4.78, 5) is 15.6. The second-order valence-corrected chi connectivity index (χ2v) is 4.28. The van der Waals surface area contributed by atoms with Crippen LogP contribution in [-0.2, 0) is 16.1 Å². The van der Waals surface area contributed by atoms with E-state index in [0.29, 0.717) is 12.3 Å². The van der Waals surface area contributed by atoms with Crippen LogP contribution in [0.5, 0.6) is 0 Å². The summed E-state index contributed by atoms with van der Waals surface area (Å²) >= 11 is 0. The highest BCUT2D eigenvalue weighted by atomic mass is 16.5. The van der Waals surface area contributed by atoms with Gasteiger partial charge in [-0.05, 0) is 37.0 Å². The number of nitrogens with two attached hydrogens (primary N) is 1. The lowest BCUT2D eigenvalue weighted by molar-refractivity contribution is -0.118. The van der Waals surface area contributed by atoms with Crippen LogP contribution in [0.25, 0.3) is 5.57 Å². The molecule has 0 radical (unpaired) electrons. The van der Waals surface area contributed by atoms with Crippen LogP contribution in [0.1, 0.15) is 29.7 Å². The monoisotopic (exact) mass is 248 g/mol. The third-order valence-electron chi connectivity index (χ3n) is 3.01. The van der Waals surface area contributed by atoms with Crippen molar-refractivity contribution in [3.63, 3.8) is 0 Å². The van der Waals surface area contributed by atoms with Crippen molar-refractivity contribution < 1.29 is 14.6 Å². The van der Waals surface area contributed by atoms with E-state index in [1.807, 2.05) is 13.0 Å². The van der Waals surface area contributed by atoms with Crippen molar-refractivity contribution in [2.45, 2.75) is 26.4 Å². The van der Waals surface area contributed by atoms with Gasteiger partial charge in [0.1, 0.15) is 0 Å². The van der Waals surface area contributed by atoms with Crippen molar-refractivity contribution in [1.82, 2.24) is 4.98 Å². The number of rotatable bonds is 3. The zero-order valence-corrected chi connectivity index (χ0v) is 10.3. The van der Waals surface area contributed by atoms with E-state index < -0.39 is 5.91 Å². The zero-order valence-electron chi connectivity index (χ0n) is 10.3. The fraction of sp³-hybridized carbons (Fsp3) is 0.385. The topological polar surface area (TPSA) is 85.4 Å². The number of pyridine rings is 1. The molecule has 0 saturated carbocycles. The smallest absolute Gasteiger partial charge is 0.284 e. The molecule has 0 aliphatic carbocycles. The molecule has 2 heterocycles. The van der Waals surface area contributed by atoms with E-state index in [2.05, 4.69) is 4.98 Å². The molecule has 18 heavy (non-hydrogen) atoms. The number of amides is 1. The maximum Gasteiger partial charge on any atom is 0.284 e. The molecule has 3 N–H and O–H groups in total. The molecule has 0 fully saturated rings. The van der Waals surface area contributed by atoms with Gasteiger partial charge < -0.3 is 15.6 Å². The summed E-state index contributed by atoms with van der Waals surface area (Å²) in [5.74, 6) is -0.347. The molecule has 1 aromatic rings. The van der Waals surface area contributed by atoms with Crippen molar-refractivity contribution >= 4 is 11.5 Å². The van der Waals surface area contributed by atoms with Crippen LogP contribution in [0.2, 0.25) is 0 Å². The van der Waals surface area contributed by atoms with Gasteiger partial charge in [-0.1, -0.05) is 0 Å². The highest BCUT2D eigenvalue weighted by Gasteiger charge is 2.21. The summed E-state index contributed by atoms with van der Waals surface area (Å²) in [7, 11) is 0. The second kappa shape index (κ2) is 5.18. The van der Waals surface area contributed by atoms with E-state index in [1.54, 1.807) is 6.20 Å². The SMILES string of the molecule is Cc1cc(C2=C(C(N)=O)OCCC2)ncc1CO. The summed E-state index contributed by atoms with van der Waals surface area (Å²) in [5, 5.41) is 9.11. The normalized spacial score (nSPS) is 15.4. The number of primary amides is 1. The van der Waals surface area contributed by atoms with Gasteiger partial charge in [0.15, 0.2) is 5.76 Å². The van der Waals surface area contributed by atoms with Crippen LogP contribution in [0.15, 0.2) is 18.0 Å². The Morgan fingerprint density at radius 2 is 2.39 bits per heavy atom. The number of aliphatic hydroxyl groups is 1. The first kappa shape index (κ1) is 12.6. The lowest BCUT2D eigenvalue weighted by Crippen LogP contribution is -2.21. The Morgan fingerprint density at radius 3 is 3.00 bits per heavy atom. The van der Waals surface area contributed by atoms with E-state index in [9.17, 15) is 4.79 Å². The van der Waals surface area contributed by atoms with E-state index >= 15 is 0 Å². The van der Waals surface area contributed by atoms with Crippen LogP contribution in [0.3, 0.4) is 0 Å². The van der Waals surface area contributed by atoms with Crippen molar-refractivity contribution in [3.8, 4) is 0 Å². The van der Waals surface area contributed by atoms with Gasteiger partial charge in [0, 0.05) is 11.8 Å². The van der Waals surface area contributed by atoms with Gasteiger partial charge in [-0.25, -0.2) is 0 Å². The molecule has 1 aliphatic rings. The molecule has 1 aromatic heterocycles. The van der Waals surface area contributed by atoms with Gasteiger partial charge in [-0.15, -0.1) is 0 Å². The van der Waals surface area contributed by atoms with E-state index in [-0.39, 0.29) is 12.4 Å². The number of allylic oxidation sites excluding steroid dienone is 1. The molecular formula is C13H16N2O3. The highest BCUT2D eigenvalue weighted by Crippen LogP contribution is 2.28. The molecule has 1 amide bonds. The minimum absolute atomic E-state index is 0.0443. The van der Waals surface area contributed by atoms with Gasteiger partial charge in [0.25, 0.3) is 5.91 Å². The Balaban J connectivity index is 2.46. The number of carbonyl (C=O) groups excluding carboxylic acids is 1. The Bertz CT molecular complexity index is 509. The second-order valence-electron chi connectivity index (χ2n) is 4.28. The van der Waals surface area contributed by atoms with Gasteiger partial charge in [0.2, 0.25) is 0 Å². The molecule has 0 saturated heterocycles. The van der Waals surface area contributed by atoms with E-state index in [4.69, 9.17) is 15.6 Å². The van der Waals surface area contributed by atoms with Crippen LogP contribution < -0.4 is 5.73 Å². The average Bonchev–Trinajstić information content (AvgIpc) is 2.38. The lowest BCUT2D eigenvalue weighted by atomic mass is 10.00. The molecular weight excluding hydrogens is 232 g/mol. The number of hydrogen-bond acceptors (Lipinski definition) is 4. The summed E-state index contributed by atoms with van der Waals surface area (Å²) in [6, 6.07) is 1.85. The van der Waals surface area contributed by atoms with Gasteiger partial charge in [-0.2, -0.15) is 0 Å². The minimum atomic E-state index is -0.560. The third kappa shape index (κ3) is 2.36. The maximum absolute atomic E-state index is 11.3. The number of aromatic nitrogens is 1. The molecule has 2 rings (SSSR count). The molecule has 1 aliphatic heterocycles. The van der Waals surface area contributed by atoms with Gasteiger partial charge in [0.05, 0.1) is 18.9 Å². The largest absolute Gasteiger partial charge is 0.488 e. The Hall–Kier alpha value is -1.88. The molecule has 0 bridgehead atoms. The molecule has 0 atom stereocenters. The van der Waals surface area contributed by atoms with Gasteiger partial charge in [-0.3, -0.25) is 9.78 Å². The van der Waals surface area contributed by atoms with Crippen LogP contribution >= 0.6 is 0 Å². The summed E-state index contributed by atoms with van der Waals surface area (Å²) in [5.41, 5.74) is 8.45. The van der Waals surface area contributed by atoms with Gasteiger partial charge >= 0.3 is 0 Å². The van der Waals surface area contributed by atoms with Crippen LogP contribution in [0, 0.1) is 6.92 Å². The fourth-order valence-electron chi connectivity index (χ4n) is 2.00. The number of carbonyl (C=O) groups is 1. The first-order chi connectivity index (χ1) is 8.63. The predicted octanol–water partition coefficient (Wildman–Crippen LogP) is 0.889. The lowest BCUT2D eigenvalue weighted by Gasteiger charge is -2.19. The van der Waals surface area contributed by atoms with Crippen molar-refractivity contribution in [2.24, 2.45) is 5.73 Å². The Kier molecular flexibility index (Phi) is 3.62. The standard InChI is InChI=1S/C13H16N2O3/c1-8-5-11(15-6-9(8)7-16)10-3-2-4-18-12(10)13(14)17/h5-6,16H,2-4,7H2,1H3,(H2,14,17). The first-order valence-corrected chi connectivity index (χ1v) is 5.86. The molecule has 5 nitrogen and oxygen atoms in total. The number of nitrogens with zero attached hydrogens (tertiary/aromatic N) is 1. The number of aliphatic hydroxyl groups excluding tert-OH is 1. The van der Waals surface area contributed by atoms with Crippen molar-refractivity contribution in [3.05, 3.63) is 34.8 Å². The number of ether oxygens (including phenoxy) is 1. The van der Waals surface area contributed by atoms with Crippen molar-refractivity contribution in [2.75, 3.05) is 6.61 Å². The highest BCUT2D eigenvalue weighted by molar-refractivity contribution is 5.98. The van der Waals surface area contributed by atoms with E-state index in [0.717, 1.165) is 29.5 Å². The summed E-state index contributed by atoms with van der Waals surface area (Å²) < 4.78 is 5.32. The Labute approximate surface area is 105 Å². The zero-order chi connectivity index (χ0) is 13.1. The third-order valence-corrected chi connectivity index (χ3v) is 3.01. The van der Waals surface area contributed by atoms with Crippen LogP contribution in [-0.4, -0.2) is 22.6 Å². The summed E-state index contributed by atoms with van der Waals surface area (Å²) in [6.45, 7) is 2.36.